The van der Waals surface area contributed by atoms with Gasteiger partial charge in [0.05, 0.1) is 18.1 Å². The van der Waals surface area contributed by atoms with Gasteiger partial charge < -0.3 is 10.3 Å². The molecule has 16 heavy (non-hydrogen) atoms. The fourth-order valence-electron chi connectivity index (χ4n) is 2.09. The van der Waals surface area contributed by atoms with Crippen molar-refractivity contribution < 1.29 is 0 Å². The molecule has 1 aromatic heterocycles. The van der Waals surface area contributed by atoms with Crippen LogP contribution in [0, 0.1) is 5.92 Å². The Labute approximate surface area is 98.5 Å². The van der Waals surface area contributed by atoms with Crippen molar-refractivity contribution in [1.82, 2.24) is 14.5 Å². The minimum atomic E-state index is 0.278. The van der Waals surface area contributed by atoms with Crippen LogP contribution >= 0.6 is 0 Å². The summed E-state index contributed by atoms with van der Waals surface area (Å²) >= 11 is 0. The molecule has 4 heteroatoms. The molecule has 0 aliphatic carbocycles. The molecule has 1 heterocycles. The number of aromatic nitrogens is 2. The molecule has 92 valence electrons. The van der Waals surface area contributed by atoms with Crippen LogP contribution in [0.1, 0.15) is 32.5 Å². The van der Waals surface area contributed by atoms with E-state index in [1.165, 1.54) is 5.69 Å². The molecule has 0 saturated carbocycles. The second kappa shape index (κ2) is 6.01. The van der Waals surface area contributed by atoms with Gasteiger partial charge in [-0.2, -0.15) is 0 Å². The molecule has 1 rings (SSSR count). The SMILES string of the molecule is CCN(CC(C)C)C(CN)c1cncn1C. The Morgan fingerprint density at radius 1 is 1.50 bits per heavy atom. The minimum Gasteiger partial charge on any atom is -0.336 e. The molecule has 0 aliphatic heterocycles. The van der Waals surface area contributed by atoms with E-state index < -0.39 is 0 Å². The molecule has 0 fully saturated rings. The van der Waals surface area contributed by atoms with E-state index in [-0.39, 0.29) is 6.04 Å². The molecule has 0 amide bonds. The summed E-state index contributed by atoms with van der Waals surface area (Å²) in [5.74, 6) is 0.655. The second-order valence-corrected chi connectivity index (χ2v) is 4.66. The van der Waals surface area contributed by atoms with Gasteiger partial charge in [-0.3, -0.25) is 4.90 Å². The lowest BCUT2D eigenvalue weighted by atomic mass is 10.1. The van der Waals surface area contributed by atoms with Gasteiger partial charge >= 0.3 is 0 Å². The van der Waals surface area contributed by atoms with Crippen molar-refractivity contribution in [2.75, 3.05) is 19.6 Å². The van der Waals surface area contributed by atoms with Gasteiger partial charge in [-0.05, 0) is 12.5 Å². The van der Waals surface area contributed by atoms with Gasteiger partial charge in [-0.15, -0.1) is 0 Å². The van der Waals surface area contributed by atoms with E-state index in [0.29, 0.717) is 12.5 Å². The fourth-order valence-corrected chi connectivity index (χ4v) is 2.09. The second-order valence-electron chi connectivity index (χ2n) is 4.66. The van der Waals surface area contributed by atoms with E-state index in [2.05, 4.69) is 35.2 Å². The van der Waals surface area contributed by atoms with E-state index in [0.717, 1.165) is 13.1 Å². The summed E-state index contributed by atoms with van der Waals surface area (Å²) in [5.41, 5.74) is 7.10. The van der Waals surface area contributed by atoms with Crippen molar-refractivity contribution in [3.05, 3.63) is 18.2 Å². The van der Waals surface area contributed by atoms with Crippen LogP contribution in [-0.2, 0) is 7.05 Å². The number of aryl methyl sites for hydroxylation is 1. The zero-order valence-electron chi connectivity index (χ0n) is 10.8. The topological polar surface area (TPSA) is 47.1 Å². The molecule has 0 aliphatic rings. The van der Waals surface area contributed by atoms with Crippen LogP contribution in [0.5, 0.6) is 0 Å². The Balaban J connectivity index is 2.83. The van der Waals surface area contributed by atoms with Gasteiger partial charge in [-0.1, -0.05) is 20.8 Å². The smallest absolute Gasteiger partial charge is 0.0946 e. The highest BCUT2D eigenvalue weighted by Crippen LogP contribution is 2.19. The van der Waals surface area contributed by atoms with Crippen LogP contribution in [-0.4, -0.2) is 34.1 Å². The third kappa shape index (κ3) is 3.06. The van der Waals surface area contributed by atoms with E-state index >= 15 is 0 Å². The van der Waals surface area contributed by atoms with Crippen LogP contribution < -0.4 is 5.73 Å². The standard InChI is InChI=1S/C12H24N4/c1-5-16(8-10(2)3)11(6-13)12-7-14-9-15(12)4/h7,9-11H,5-6,8,13H2,1-4H3. The van der Waals surface area contributed by atoms with E-state index in [4.69, 9.17) is 5.73 Å². The van der Waals surface area contributed by atoms with Crippen LogP contribution in [0.3, 0.4) is 0 Å². The van der Waals surface area contributed by atoms with Crippen LogP contribution in [0.2, 0.25) is 0 Å². The van der Waals surface area contributed by atoms with Crippen molar-refractivity contribution in [1.29, 1.82) is 0 Å². The molecular formula is C12H24N4. The molecule has 0 spiro atoms. The maximum Gasteiger partial charge on any atom is 0.0946 e. The quantitative estimate of drug-likeness (QED) is 0.794. The average molecular weight is 224 g/mol. The molecule has 2 N–H and O–H groups in total. The van der Waals surface area contributed by atoms with E-state index in [9.17, 15) is 0 Å². The maximum absolute atomic E-state index is 5.90. The van der Waals surface area contributed by atoms with Crippen LogP contribution in [0.4, 0.5) is 0 Å². The number of likely N-dealkylation sites (N-methyl/N-ethyl adjacent to an activating group) is 1. The molecule has 1 atom stereocenters. The lowest BCUT2D eigenvalue weighted by Crippen LogP contribution is -2.37. The highest BCUT2D eigenvalue weighted by atomic mass is 15.2. The van der Waals surface area contributed by atoms with Gasteiger partial charge in [0.2, 0.25) is 0 Å². The van der Waals surface area contributed by atoms with E-state index in [1.807, 2.05) is 19.6 Å². The predicted octanol–water partition coefficient (Wildman–Crippen LogP) is 1.40. The number of hydrogen-bond donors (Lipinski definition) is 1. The number of hydrogen-bond acceptors (Lipinski definition) is 3. The monoisotopic (exact) mass is 224 g/mol. The number of rotatable bonds is 6. The first-order valence-corrected chi connectivity index (χ1v) is 6.00. The summed E-state index contributed by atoms with van der Waals surface area (Å²) in [6.07, 6.45) is 3.75. The van der Waals surface area contributed by atoms with Gasteiger partial charge in [0.25, 0.3) is 0 Å². The first-order chi connectivity index (χ1) is 7.60. The summed E-state index contributed by atoms with van der Waals surface area (Å²) in [5, 5.41) is 0. The van der Waals surface area contributed by atoms with Gasteiger partial charge in [0.15, 0.2) is 0 Å². The number of nitrogens with two attached hydrogens (primary N) is 1. The van der Waals surface area contributed by atoms with Crippen molar-refractivity contribution in [3.63, 3.8) is 0 Å². The Hall–Kier alpha value is -0.870. The molecule has 1 aromatic rings. The Bertz CT molecular complexity index is 306. The molecule has 1 unspecified atom stereocenters. The third-order valence-corrected chi connectivity index (χ3v) is 2.87. The Morgan fingerprint density at radius 3 is 2.56 bits per heavy atom. The largest absolute Gasteiger partial charge is 0.336 e. The summed E-state index contributed by atoms with van der Waals surface area (Å²) in [4.78, 5) is 6.59. The van der Waals surface area contributed by atoms with Gasteiger partial charge in [0, 0.05) is 26.3 Å². The van der Waals surface area contributed by atoms with Crippen molar-refractivity contribution in [3.8, 4) is 0 Å². The lowest BCUT2D eigenvalue weighted by Gasteiger charge is -2.31. The van der Waals surface area contributed by atoms with Gasteiger partial charge in [-0.25, -0.2) is 4.98 Å². The first kappa shape index (κ1) is 13.2. The first-order valence-electron chi connectivity index (χ1n) is 6.00. The number of imidazole rings is 1. The highest BCUT2D eigenvalue weighted by Gasteiger charge is 2.20. The lowest BCUT2D eigenvalue weighted by molar-refractivity contribution is 0.183. The summed E-state index contributed by atoms with van der Waals surface area (Å²) in [6, 6.07) is 0.278. The molecule has 0 bridgehead atoms. The Kier molecular flexibility index (Phi) is 4.96. The van der Waals surface area contributed by atoms with Gasteiger partial charge in [0.1, 0.15) is 0 Å². The van der Waals surface area contributed by atoms with Crippen molar-refractivity contribution >= 4 is 0 Å². The fraction of sp³-hybridized carbons (Fsp3) is 0.750. The summed E-state index contributed by atoms with van der Waals surface area (Å²) in [7, 11) is 2.02. The zero-order valence-corrected chi connectivity index (χ0v) is 10.8. The summed E-state index contributed by atoms with van der Waals surface area (Å²) < 4.78 is 2.06. The predicted molar refractivity (Wildman–Crippen MR) is 67.1 cm³/mol. The average Bonchev–Trinajstić information content (AvgIpc) is 2.64. The van der Waals surface area contributed by atoms with Crippen molar-refractivity contribution in [2.45, 2.75) is 26.8 Å². The minimum absolute atomic E-state index is 0.278. The number of nitrogens with zero attached hydrogens (tertiary/aromatic N) is 3. The Morgan fingerprint density at radius 2 is 2.19 bits per heavy atom. The molecule has 0 saturated heterocycles. The highest BCUT2D eigenvalue weighted by molar-refractivity contribution is 5.06. The van der Waals surface area contributed by atoms with Crippen LogP contribution in [0.15, 0.2) is 12.5 Å². The molecule has 0 radical (unpaired) electrons. The summed E-state index contributed by atoms with van der Waals surface area (Å²) in [6.45, 7) is 9.38. The molecular weight excluding hydrogens is 200 g/mol. The molecule has 0 aromatic carbocycles. The van der Waals surface area contributed by atoms with E-state index in [1.54, 1.807) is 0 Å². The molecule has 4 nitrogen and oxygen atoms in total. The zero-order chi connectivity index (χ0) is 12.1. The third-order valence-electron chi connectivity index (χ3n) is 2.87. The maximum atomic E-state index is 5.90. The van der Waals surface area contributed by atoms with Crippen LogP contribution in [0.25, 0.3) is 0 Å². The normalized spacial score (nSPS) is 13.7. The van der Waals surface area contributed by atoms with Crippen molar-refractivity contribution in [2.24, 2.45) is 18.7 Å².